The zero-order valence-corrected chi connectivity index (χ0v) is 8.60. The SMILES string of the molecule is CNC[C@@H](O)COc1ccccc1C#N. The maximum atomic E-state index is 9.40. The standard InChI is InChI=1S/C11H14N2O2/c1-13-7-10(14)8-15-11-5-3-2-4-9(11)6-12/h2-5,10,13-14H,7-8H2,1H3/t10-/m1/s1. The molecule has 0 bridgehead atoms. The number of hydrogen-bond acceptors (Lipinski definition) is 4. The molecule has 80 valence electrons. The Morgan fingerprint density at radius 1 is 1.53 bits per heavy atom. The third-order valence-electron chi connectivity index (χ3n) is 1.88. The van der Waals surface area contributed by atoms with Gasteiger partial charge in [-0.3, -0.25) is 0 Å². The Labute approximate surface area is 89.1 Å². The summed E-state index contributed by atoms with van der Waals surface area (Å²) in [4.78, 5) is 0. The predicted octanol–water partition coefficient (Wildman–Crippen LogP) is 0.517. The van der Waals surface area contributed by atoms with Gasteiger partial charge in [0.05, 0.1) is 5.56 Å². The molecule has 15 heavy (non-hydrogen) atoms. The molecular formula is C11H14N2O2. The molecule has 0 spiro atoms. The van der Waals surface area contributed by atoms with Gasteiger partial charge in [0.15, 0.2) is 0 Å². The lowest BCUT2D eigenvalue weighted by Crippen LogP contribution is -2.29. The molecule has 0 aliphatic heterocycles. The van der Waals surface area contributed by atoms with Gasteiger partial charge in [-0.2, -0.15) is 5.26 Å². The number of aliphatic hydroxyl groups is 1. The van der Waals surface area contributed by atoms with E-state index in [0.29, 0.717) is 17.9 Å². The van der Waals surface area contributed by atoms with Crippen molar-refractivity contribution < 1.29 is 9.84 Å². The molecule has 0 saturated carbocycles. The highest BCUT2D eigenvalue weighted by Crippen LogP contribution is 2.16. The summed E-state index contributed by atoms with van der Waals surface area (Å²) in [6.45, 7) is 0.647. The summed E-state index contributed by atoms with van der Waals surface area (Å²) in [7, 11) is 1.76. The molecule has 1 atom stereocenters. The topological polar surface area (TPSA) is 65.3 Å². The van der Waals surface area contributed by atoms with Crippen LogP contribution in [-0.2, 0) is 0 Å². The molecule has 4 nitrogen and oxygen atoms in total. The average Bonchev–Trinajstić information content (AvgIpc) is 2.27. The van der Waals surface area contributed by atoms with Crippen LogP contribution in [0.15, 0.2) is 24.3 Å². The molecule has 0 fully saturated rings. The first-order valence-corrected chi connectivity index (χ1v) is 4.72. The van der Waals surface area contributed by atoms with Gasteiger partial charge in [0.2, 0.25) is 0 Å². The molecular weight excluding hydrogens is 192 g/mol. The summed E-state index contributed by atoms with van der Waals surface area (Å²) in [5, 5.41) is 21.0. The quantitative estimate of drug-likeness (QED) is 0.737. The van der Waals surface area contributed by atoms with Gasteiger partial charge in [-0.05, 0) is 19.2 Å². The number of hydrogen-bond donors (Lipinski definition) is 2. The van der Waals surface area contributed by atoms with Gasteiger partial charge >= 0.3 is 0 Å². The van der Waals surface area contributed by atoms with Crippen LogP contribution in [0.1, 0.15) is 5.56 Å². The number of nitrogens with one attached hydrogen (secondary N) is 1. The summed E-state index contributed by atoms with van der Waals surface area (Å²) in [6, 6.07) is 8.99. The Hall–Kier alpha value is -1.57. The van der Waals surface area contributed by atoms with Gasteiger partial charge in [0.1, 0.15) is 24.5 Å². The van der Waals surface area contributed by atoms with Gasteiger partial charge in [0, 0.05) is 6.54 Å². The van der Waals surface area contributed by atoms with Crippen molar-refractivity contribution in [1.82, 2.24) is 5.32 Å². The number of rotatable bonds is 5. The van der Waals surface area contributed by atoms with Crippen LogP contribution in [0.2, 0.25) is 0 Å². The summed E-state index contributed by atoms with van der Waals surface area (Å²) < 4.78 is 5.33. The first kappa shape index (κ1) is 11.5. The zero-order valence-electron chi connectivity index (χ0n) is 8.60. The molecule has 0 aliphatic carbocycles. The van der Waals surface area contributed by atoms with Crippen LogP contribution in [0.3, 0.4) is 0 Å². The van der Waals surface area contributed by atoms with Gasteiger partial charge in [-0.1, -0.05) is 12.1 Å². The number of aliphatic hydroxyl groups excluding tert-OH is 1. The maximum Gasteiger partial charge on any atom is 0.137 e. The maximum absolute atomic E-state index is 9.40. The number of ether oxygens (including phenoxy) is 1. The van der Waals surface area contributed by atoms with Gasteiger partial charge in [-0.15, -0.1) is 0 Å². The third kappa shape index (κ3) is 3.58. The van der Waals surface area contributed by atoms with E-state index in [1.54, 1.807) is 31.3 Å². The van der Waals surface area contributed by atoms with Crippen LogP contribution in [0.25, 0.3) is 0 Å². The molecule has 0 radical (unpaired) electrons. The lowest BCUT2D eigenvalue weighted by atomic mass is 10.2. The van der Waals surface area contributed by atoms with Gasteiger partial charge in [0.25, 0.3) is 0 Å². The Morgan fingerprint density at radius 3 is 2.93 bits per heavy atom. The lowest BCUT2D eigenvalue weighted by Gasteiger charge is -2.12. The minimum Gasteiger partial charge on any atom is -0.489 e. The predicted molar refractivity (Wildman–Crippen MR) is 56.6 cm³/mol. The summed E-state index contributed by atoms with van der Waals surface area (Å²) >= 11 is 0. The number of benzene rings is 1. The molecule has 0 aliphatic rings. The second kappa shape index (κ2) is 6.02. The Bertz CT molecular complexity index is 347. The monoisotopic (exact) mass is 206 g/mol. The molecule has 0 amide bonds. The van der Waals surface area contributed by atoms with Crippen LogP contribution >= 0.6 is 0 Å². The average molecular weight is 206 g/mol. The number of para-hydroxylation sites is 1. The molecule has 0 unspecified atom stereocenters. The first-order chi connectivity index (χ1) is 7.27. The smallest absolute Gasteiger partial charge is 0.137 e. The molecule has 0 aromatic heterocycles. The Morgan fingerprint density at radius 2 is 2.27 bits per heavy atom. The number of nitrogens with zero attached hydrogens (tertiary/aromatic N) is 1. The molecule has 0 saturated heterocycles. The highest BCUT2D eigenvalue weighted by atomic mass is 16.5. The van der Waals surface area contributed by atoms with Crippen LogP contribution in [0, 0.1) is 11.3 Å². The van der Waals surface area contributed by atoms with Crippen molar-refractivity contribution in [3.8, 4) is 11.8 Å². The molecule has 1 rings (SSSR count). The second-order valence-corrected chi connectivity index (χ2v) is 3.13. The van der Waals surface area contributed by atoms with E-state index >= 15 is 0 Å². The zero-order chi connectivity index (χ0) is 11.1. The van der Waals surface area contributed by atoms with Crippen molar-refractivity contribution in [2.45, 2.75) is 6.10 Å². The van der Waals surface area contributed by atoms with E-state index in [1.165, 1.54) is 0 Å². The van der Waals surface area contributed by atoms with E-state index in [2.05, 4.69) is 5.32 Å². The molecule has 1 aromatic carbocycles. The highest BCUT2D eigenvalue weighted by Gasteiger charge is 2.06. The molecule has 1 aromatic rings. The Kier molecular flexibility index (Phi) is 4.61. The molecule has 2 N–H and O–H groups in total. The summed E-state index contributed by atoms with van der Waals surface area (Å²) in [6.07, 6.45) is -0.568. The minimum atomic E-state index is -0.568. The van der Waals surface area contributed by atoms with Crippen molar-refractivity contribution in [1.29, 1.82) is 5.26 Å². The lowest BCUT2D eigenvalue weighted by molar-refractivity contribution is 0.108. The van der Waals surface area contributed by atoms with Crippen LogP contribution in [-0.4, -0.2) is 31.4 Å². The fraction of sp³-hybridized carbons (Fsp3) is 0.364. The van der Waals surface area contributed by atoms with E-state index in [-0.39, 0.29) is 6.61 Å². The van der Waals surface area contributed by atoms with Crippen LogP contribution < -0.4 is 10.1 Å². The van der Waals surface area contributed by atoms with Crippen molar-refractivity contribution in [2.75, 3.05) is 20.2 Å². The van der Waals surface area contributed by atoms with E-state index in [4.69, 9.17) is 10.00 Å². The van der Waals surface area contributed by atoms with Crippen LogP contribution in [0.4, 0.5) is 0 Å². The summed E-state index contributed by atoms with van der Waals surface area (Å²) in [5.74, 6) is 0.509. The van der Waals surface area contributed by atoms with Gasteiger partial charge < -0.3 is 15.2 Å². The van der Waals surface area contributed by atoms with E-state index < -0.39 is 6.10 Å². The first-order valence-electron chi connectivity index (χ1n) is 4.72. The summed E-state index contributed by atoms with van der Waals surface area (Å²) in [5.41, 5.74) is 0.481. The largest absolute Gasteiger partial charge is 0.489 e. The van der Waals surface area contributed by atoms with Crippen molar-refractivity contribution in [2.24, 2.45) is 0 Å². The Balaban J connectivity index is 2.54. The van der Waals surface area contributed by atoms with E-state index in [0.717, 1.165) is 0 Å². The number of likely N-dealkylation sites (N-methyl/N-ethyl adjacent to an activating group) is 1. The van der Waals surface area contributed by atoms with E-state index in [9.17, 15) is 5.11 Å². The highest BCUT2D eigenvalue weighted by molar-refractivity contribution is 5.42. The van der Waals surface area contributed by atoms with Crippen molar-refractivity contribution >= 4 is 0 Å². The second-order valence-electron chi connectivity index (χ2n) is 3.13. The minimum absolute atomic E-state index is 0.180. The molecule has 0 heterocycles. The van der Waals surface area contributed by atoms with Crippen molar-refractivity contribution in [3.05, 3.63) is 29.8 Å². The van der Waals surface area contributed by atoms with Gasteiger partial charge in [-0.25, -0.2) is 0 Å². The number of nitriles is 1. The van der Waals surface area contributed by atoms with Crippen LogP contribution in [0.5, 0.6) is 5.75 Å². The fourth-order valence-corrected chi connectivity index (χ4v) is 1.17. The third-order valence-corrected chi connectivity index (χ3v) is 1.88. The fourth-order valence-electron chi connectivity index (χ4n) is 1.17. The van der Waals surface area contributed by atoms with Crippen molar-refractivity contribution in [3.63, 3.8) is 0 Å². The molecule has 4 heteroatoms. The van der Waals surface area contributed by atoms with E-state index in [1.807, 2.05) is 6.07 Å². The normalized spacial score (nSPS) is 11.8.